The van der Waals surface area contributed by atoms with Crippen LogP contribution in [-0.2, 0) is 0 Å². The van der Waals surface area contributed by atoms with Crippen LogP contribution in [0, 0.1) is 0 Å². The molecule has 0 amide bonds. The van der Waals surface area contributed by atoms with Crippen molar-refractivity contribution in [3.8, 4) is 0 Å². The van der Waals surface area contributed by atoms with Crippen molar-refractivity contribution in [1.82, 2.24) is 4.90 Å². The molecule has 1 N–H and O–H groups in total. The zero-order chi connectivity index (χ0) is 13.7. The van der Waals surface area contributed by atoms with Gasteiger partial charge in [-0.3, -0.25) is 4.90 Å². The SMILES string of the molecule is CC(C)=CCN1CCC(Nc2cccc(Cl)c2)CC1. The number of allylic oxidation sites excluding steroid dienone is 1. The van der Waals surface area contributed by atoms with Gasteiger partial charge in [0.15, 0.2) is 0 Å². The van der Waals surface area contributed by atoms with Crippen LogP contribution >= 0.6 is 11.6 Å². The van der Waals surface area contributed by atoms with Gasteiger partial charge in [0.25, 0.3) is 0 Å². The Morgan fingerprint density at radius 1 is 1.37 bits per heavy atom. The third-order valence-corrected chi connectivity index (χ3v) is 3.78. The fourth-order valence-corrected chi connectivity index (χ4v) is 2.58. The van der Waals surface area contributed by atoms with Crippen LogP contribution in [0.2, 0.25) is 5.02 Å². The Balaban J connectivity index is 1.79. The second-order valence-electron chi connectivity index (χ2n) is 5.51. The van der Waals surface area contributed by atoms with Gasteiger partial charge in [-0.1, -0.05) is 29.3 Å². The third kappa shape index (κ3) is 4.88. The quantitative estimate of drug-likeness (QED) is 0.831. The van der Waals surface area contributed by atoms with Crippen molar-refractivity contribution in [3.63, 3.8) is 0 Å². The molecule has 0 atom stereocenters. The fourth-order valence-electron chi connectivity index (χ4n) is 2.39. The van der Waals surface area contributed by atoms with Gasteiger partial charge in [-0.15, -0.1) is 0 Å². The molecule has 1 heterocycles. The van der Waals surface area contributed by atoms with Gasteiger partial charge in [-0.05, 0) is 44.9 Å². The average Bonchev–Trinajstić information content (AvgIpc) is 2.38. The van der Waals surface area contributed by atoms with E-state index in [4.69, 9.17) is 11.6 Å². The van der Waals surface area contributed by atoms with Gasteiger partial charge in [0.2, 0.25) is 0 Å². The normalized spacial score (nSPS) is 17.2. The second kappa shape index (κ2) is 6.97. The van der Waals surface area contributed by atoms with E-state index in [1.807, 2.05) is 18.2 Å². The summed E-state index contributed by atoms with van der Waals surface area (Å²) in [6, 6.07) is 8.56. The van der Waals surface area contributed by atoms with Gasteiger partial charge in [-0.2, -0.15) is 0 Å². The standard InChI is InChI=1S/C16H23ClN2/c1-13(2)6-9-19-10-7-15(8-11-19)18-16-5-3-4-14(17)12-16/h3-6,12,15,18H,7-11H2,1-2H3. The van der Waals surface area contributed by atoms with Crippen molar-refractivity contribution in [2.75, 3.05) is 25.0 Å². The molecular formula is C16H23ClN2. The van der Waals surface area contributed by atoms with E-state index in [1.54, 1.807) is 0 Å². The van der Waals surface area contributed by atoms with Crippen molar-refractivity contribution < 1.29 is 0 Å². The van der Waals surface area contributed by atoms with E-state index in [9.17, 15) is 0 Å². The highest BCUT2D eigenvalue weighted by molar-refractivity contribution is 6.30. The number of anilines is 1. The van der Waals surface area contributed by atoms with Gasteiger partial charge < -0.3 is 5.32 Å². The summed E-state index contributed by atoms with van der Waals surface area (Å²) in [4.78, 5) is 2.52. The first-order valence-corrected chi connectivity index (χ1v) is 7.39. The predicted octanol–water partition coefficient (Wildman–Crippen LogP) is 4.18. The Bertz CT molecular complexity index is 430. The molecular weight excluding hydrogens is 256 g/mol. The Labute approximate surface area is 121 Å². The van der Waals surface area contributed by atoms with Gasteiger partial charge >= 0.3 is 0 Å². The molecule has 1 saturated heterocycles. The molecule has 0 unspecified atom stereocenters. The van der Waals surface area contributed by atoms with E-state index in [-0.39, 0.29) is 0 Å². The largest absolute Gasteiger partial charge is 0.382 e. The zero-order valence-electron chi connectivity index (χ0n) is 11.8. The maximum atomic E-state index is 6.00. The van der Waals surface area contributed by atoms with Gasteiger partial charge in [-0.25, -0.2) is 0 Å². The second-order valence-corrected chi connectivity index (χ2v) is 5.95. The monoisotopic (exact) mass is 278 g/mol. The number of nitrogens with zero attached hydrogens (tertiary/aromatic N) is 1. The summed E-state index contributed by atoms with van der Waals surface area (Å²) in [6.45, 7) is 7.75. The molecule has 1 fully saturated rings. The Morgan fingerprint density at radius 2 is 2.11 bits per heavy atom. The molecule has 0 spiro atoms. The molecule has 2 nitrogen and oxygen atoms in total. The molecule has 1 aliphatic rings. The van der Waals surface area contributed by atoms with Crippen LogP contribution in [0.15, 0.2) is 35.9 Å². The number of benzene rings is 1. The maximum absolute atomic E-state index is 6.00. The first-order valence-electron chi connectivity index (χ1n) is 7.01. The van der Waals surface area contributed by atoms with Crippen LogP contribution in [0.4, 0.5) is 5.69 Å². The van der Waals surface area contributed by atoms with Gasteiger partial charge in [0.05, 0.1) is 0 Å². The van der Waals surface area contributed by atoms with Crippen LogP contribution in [0.3, 0.4) is 0 Å². The third-order valence-electron chi connectivity index (χ3n) is 3.54. The van der Waals surface area contributed by atoms with Crippen molar-refractivity contribution >= 4 is 17.3 Å². The molecule has 0 saturated carbocycles. The summed E-state index contributed by atoms with van der Waals surface area (Å²) in [5.41, 5.74) is 2.54. The number of likely N-dealkylation sites (tertiary alicyclic amines) is 1. The van der Waals surface area contributed by atoms with Crippen molar-refractivity contribution in [2.45, 2.75) is 32.7 Å². The lowest BCUT2D eigenvalue weighted by atomic mass is 10.0. The summed E-state index contributed by atoms with van der Waals surface area (Å²) in [7, 11) is 0. The molecule has 19 heavy (non-hydrogen) atoms. The predicted molar refractivity (Wildman–Crippen MR) is 84.0 cm³/mol. The number of halogens is 1. The van der Waals surface area contributed by atoms with Crippen molar-refractivity contribution in [3.05, 3.63) is 40.9 Å². The molecule has 2 rings (SSSR count). The Hall–Kier alpha value is -0.990. The molecule has 0 aliphatic carbocycles. The zero-order valence-corrected chi connectivity index (χ0v) is 12.6. The van der Waals surface area contributed by atoms with E-state index < -0.39 is 0 Å². The Morgan fingerprint density at radius 3 is 2.74 bits per heavy atom. The van der Waals surface area contributed by atoms with Crippen LogP contribution in [0.1, 0.15) is 26.7 Å². The molecule has 104 valence electrons. The molecule has 0 bridgehead atoms. The van der Waals surface area contributed by atoms with Crippen LogP contribution < -0.4 is 5.32 Å². The van der Waals surface area contributed by atoms with E-state index in [0.29, 0.717) is 6.04 Å². The maximum Gasteiger partial charge on any atom is 0.0426 e. The summed E-state index contributed by atoms with van der Waals surface area (Å²) in [5, 5.41) is 4.38. The van der Waals surface area contributed by atoms with Gasteiger partial charge in [0, 0.05) is 36.4 Å². The molecule has 1 aromatic rings. The lowest BCUT2D eigenvalue weighted by Crippen LogP contribution is -2.39. The lowest BCUT2D eigenvalue weighted by molar-refractivity contribution is 0.240. The summed E-state index contributed by atoms with van der Waals surface area (Å²) in [5.74, 6) is 0. The molecule has 1 aromatic carbocycles. The summed E-state index contributed by atoms with van der Waals surface area (Å²) in [6.07, 6.45) is 4.71. The average molecular weight is 279 g/mol. The highest BCUT2D eigenvalue weighted by atomic mass is 35.5. The van der Waals surface area contributed by atoms with Crippen molar-refractivity contribution in [1.29, 1.82) is 0 Å². The number of hydrogen-bond donors (Lipinski definition) is 1. The topological polar surface area (TPSA) is 15.3 Å². The van der Waals surface area contributed by atoms with Gasteiger partial charge in [0.1, 0.15) is 0 Å². The van der Waals surface area contributed by atoms with E-state index >= 15 is 0 Å². The molecule has 1 aliphatic heterocycles. The Kier molecular flexibility index (Phi) is 5.29. The summed E-state index contributed by atoms with van der Waals surface area (Å²) >= 11 is 6.00. The van der Waals surface area contributed by atoms with Crippen LogP contribution in [0.25, 0.3) is 0 Å². The smallest absolute Gasteiger partial charge is 0.0426 e. The number of hydrogen-bond acceptors (Lipinski definition) is 2. The first kappa shape index (κ1) is 14.4. The number of piperidine rings is 1. The lowest BCUT2D eigenvalue weighted by Gasteiger charge is -2.32. The minimum Gasteiger partial charge on any atom is -0.382 e. The fraction of sp³-hybridized carbons (Fsp3) is 0.500. The van der Waals surface area contributed by atoms with E-state index in [0.717, 1.165) is 17.3 Å². The van der Waals surface area contributed by atoms with E-state index in [2.05, 4.69) is 36.2 Å². The first-order chi connectivity index (χ1) is 9.13. The van der Waals surface area contributed by atoms with Crippen LogP contribution in [-0.4, -0.2) is 30.6 Å². The molecule has 0 aromatic heterocycles. The van der Waals surface area contributed by atoms with E-state index in [1.165, 1.54) is 31.5 Å². The van der Waals surface area contributed by atoms with Crippen LogP contribution in [0.5, 0.6) is 0 Å². The summed E-state index contributed by atoms with van der Waals surface area (Å²) < 4.78 is 0. The highest BCUT2D eigenvalue weighted by Crippen LogP contribution is 2.19. The minimum absolute atomic E-state index is 0.571. The number of nitrogens with one attached hydrogen (secondary N) is 1. The highest BCUT2D eigenvalue weighted by Gasteiger charge is 2.18. The molecule has 3 heteroatoms. The number of rotatable bonds is 4. The minimum atomic E-state index is 0.571. The molecule has 0 radical (unpaired) electrons. The van der Waals surface area contributed by atoms with Crippen molar-refractivity contribution in [2.24, 2.45) is 0 Å².